The molecule has 1 aromatic heterocycles. The molecule has 0 saturated carbocycles. The lowest BCUT2D eigenvalue weighted by Gasteiger charge is -2.15. The maximum Gasteiger partial charge on any atom is 0.385 e. The second kappa shape index (κ2) is 10.4. The molecule has 0 aliphatic rings. The lowest BCUT2D eigenvalue weighted by Crippen LogP contribution is -2.16. The molecule has 0 fully saturated rings. The van der Waals surface area contributed by atoms with E-state index in [9.17, 15) is 4.57 Å². The third-order valence-electron chi connectivity index (χ3n) is 4.32. The number of ether oxygens (including phenoxy) is 1. The number of nitrogens with zero attached hydrogens (tertiary/aromatic N) is 1. The molecule has 0 saturated heterocycles. The molecule has 8 heteroatoms. The number of oxazole rings is 1. The Hall–Kier alpha value is -2.60. The van der Waals surface area contributed by atoms with E-state index in [2.05, 4.69) is 10.3 Å². The molecule has 0 aliphatic heterocycles. The predicted octanol–water partition coefficient (Wildman–Crippen LogP) is 4.78. The first kappa shape index (κ1) is 22.1. The molecular formula is C22H27N2O5P. The van der Waals surface area contributed by atoms with E-state index in [4.69, 9.17) is 18.2 Å². The lowest BCUT2D eigenvalue weighted by atomic mass is 10.1. The van der Waals surface area contributed by atoms with Crippen LogP contribution in [0.2, 0.25) is 0 Å². The van der Waals surface area contributed by atoms with Crippen LogP contribution in [0.15, 0.2) is 59.0 Å². The van der Waals surface area contributed by atoms with Gasteiger partial charge in [-0.3, -0.25) is 4.57 Å². The van der Waals surface area contributed by atoms with Crippen molar-refractivity contribution in [1.82, 2.24) is 4.98 Å². The highest BCUT2D eigenvalue weighted by molar-refractivity contribution is 7.62. The Morgan fingerprint density at radius 1 is 0.967 bits per heavy atom. The zero-order chi connectivity index (χ0) is 21.4. The fourth-order valence-electron chi connectivity index (χ4n) is 2.93. The van der Waals surface area contributed by atoms with E-state index < -0.39 is 7.60 Å². The smallest absolute Gasteiger partial charge is 0.385 e. The highest BCUT2D eigenvalue weighted by Crippen LogP contribution is 2.48. The Morgan fingerprint density at radius 3 is 2.23 bits per heavy atom. The number of hydrogen-bond donors (Lipinski definition) is 1. The van der Waals surface area contributed by atoms with Crippen molar-refractivity contribution in [2.75, 3.05) is 25.6 Å². The maximum absolute atomic E-state index is 13.4. The molecule has 0 aliphatic carbocycles. The van der Waals surface area contributed by atoms with Crippen molar-refractivity contribution in [2.24, 2.45) is 0 Å². The molecule has 0 amide bonds. The average Bonchev–Trinajstić information content (AvgIpc) is 3.17. The SMILES string of the molecule is CCOP(=O)(OCC)c1nc(Cc2ccc(OC)cc2)oc1NCc1ccccc1. The van der Waals surface area contributed by atoms with Gasteiger partial charge < -0.3 is 23.5 Å². The molecule has 3 rings (SSSR count). The minimum Gasteiger partial charge on any atom is -0.497 e. The van der Waals surface area contributed by atoms with E-state index in [-0.39, 0.29) is 18.6 Å². The average molecular weight is 430 g/mol. The molecule has 0 bridgehead atoms. The van der Waals surface area contributed by atoms with Crippen LogP contribution in [0.4, 0.5) is 5.88 Å². The fraction of sp³-hybridized carbons (Fsp3) is 0.318. The normalized spacial score (nSPS) is 11.4. The standard InChI is InChI=1S/C22H27N2O5P/c1-4-27-30(25,28-5-2)22-21(23-16-18-9-7-6-8-10-18)29-20(24-22)15-17-11-13-19(26-3)14-12-17/h6-14,23H,4-5,15-16H2,1-3H3. The van der Waals surface area contributed by atoms with Gasteiger partial charge in [-0.15, -0.1) is 0 Å². The van der Waals surface area contributed by atoms with E-state index in [0.717, 1.165) is 16.9 Å². The highest BCUT2D eigenvalue weighted by Gasteiger charge is 2.35. The number of benzene rings is 2. The minimum atomic E-state index is -3.61. The number of methoxy groups -OCH3 is 1. The second-order valence-electron chi connectivity index (χ2n) is 6.46. The van der Waals surface area contributed by atoms with Gasteiger partial charge in [0.1, 0.15) is 5.75 Å². The monoisotopic (exact) mass is 430 g/mol. The third-order valence-corrected chi connectivity index (χ3v) is 6.34. The molecule has 0 spiro atoms. The molecular weight excluding hydrogens is 403 g/mol. The Kier molecular flexibility index (Phi) is 7.69. The van der Waals surface area contributed by atoms with Gasteiger partial charge in [-0.2, -0.15) is 0 Å². The summed E-state index contributed by atoms with van der Waals surface area (Å²) in [6.07, 6.45) is 0.433. The van der Waals surface area contributed by atoms with E-state index in [1.54, 1.807) is 21.0 Å². The van der Waals surface area contributed by atoms with Crippen molar-refractivity contribution in [3.63, 3.8) is 0 Å². The van der Waals surface area contributed by atoms with Crippen molar-refractivity contribution < 1.29 is 22.8 Å². The van der Waals surface area contributed by atoms with Gasteiger partial charge in [0.15, 0.2) is 0 Å². The van der Waals surface area contributed by atoms with Gasteiger partial charge >= 0.3 is 7.60 Å². The first-order chi connectivity index (χ1) is 14.6. The summed E-state index contributed by atoms with van der Waals surface area (Å²) >= 11 is 0. The van der Waals surface area contributed by atoms with Crippen LogP contribution in [0.1, 0.15) is 30.9 Å². The number of nitrogens with one attached hydrogen (secondary N) is 1. The maximum atomic E-state index is 13.4. The van der Waals surface area contributed by atoms with Gasteiger partial charge in [0.2, 0.25) is 17.2 Å². The molecule has 1 N–H and O–H groups in total. The zero-order valence-corrected chi connectivity index (χ0v) is 18.4. The summed E-state index contributed by atoms with van der Waals surface area (Å²) in [4.78, 5) is 4.50. The molecule has 30 heavy (non-hydrogen) atoms. The summed E-state index contributed by atoms with van der Waals surface area (Å²) in [5.74, 6) is 1.49. The van der Waals surface area contributed by atoms with Crippen molar-refractivity contribution in [3.05, 3.63) is 71.6 Å². The van der Waals surface area contributed by atoms with Crippen LogP contribution < -0.4 is 15.5 Å². The number of hydrogen-bond acceptors (Lipinski definition) is 7. The molecule has 0 radical (unpaired) electrons. The lowest BCUT2D eigenvalue weighted by molar-refractivity contribution is 0.229. The van der Waals surface area contributed by atoms with E-state index >= 15 is 0 Å². The van der Waals surface area contributed by atoms with Gasteiger partial charge in [0.05, 0.1) is 20.3 Å². The van der Waals surface area contributed by atoms with Crippen LogP contribution in [0, 0.1) is 0 Å². The van der Waals surface area contributed by atoms with Crippen LogP contribution in [-0.4, -0.2) is 25.3 Å². The van der Waals surface area contributed by atoms with Gasteiger partial charge in [-0.25, -0.2) is 4.98 Å². The topological polar surface area (TPSA) is 82.8 Å². The first-order valence-corrected chi connectivity index (χ1v) is 11.4. The Balaban J connectivity index is 1.89. The molecule has 160 valence electrons. The molecule has 1 heterocycles. The number of rotatable bonds is 11. The van der Waals surface area contributed by atoms with Crippen molar-refractivity contribution >= 4 is 18.9 Å². The number of anilines is 1. The Labute approximate surface area is 176 Å². The summed E-state index contributed by atoms with van der Waals surface area (Å²) in [5.41, 5.74) is 2.21. The molecule has 7 nitrogen and oxygen atoms in total. The van der Waals surface area contributed by atoms with Crippen LogP contribution in [0.5, 0.6) is 5.75 Å². The van der Waals surface area contributed by atoms with Crippen LogP contribution >= 0.6 is 7.60 Å². The molecule has 0 unspecified atom stereocenters. The zero-order valence-electron chi connectivity index (χ0n) is 17.5. The van der Waals surface area contributed by atoms with Crippen LogP contribution in [0.25, 0.3) is 0 Å². The van der Waals surface area contributed by atoms with Crippen molar-refractivity contribution in [1.29, 1.82) is 0 Å². The summed E-state index contributed by atoms with van der Waals surface area (Å²) in [6.45, 7) is 4.48. The summed E-state index contributed by atoms with van der Waals surface area (Å²) in [7, 11) is -1.99. The van der Waals surface area contributed by atoms with Crippen molar-refractivity contribution in [3.8, 4) is 5.75 Å². The van der Waals surface area contributed by atoms with Gasteiger partial charge in [-0.05, 0) is 37.1 Å². The molecule has 0 atom stereocenters. The van der Waals surface area contributed by atoms with Gasteiger partial charge in [0.25, 0.3) is 0 Å². The van der Waals surface area contributed by atoms with Crippen LogP contribution in [-0.2, 0) is 26.6 Å². The first-order valence-electron chi connectivity index (χ1n) is 9.88. The highest BCUT2D eigenvalue weighted by atomic mass is 31.2. The van der Waals surface area contributed by atoms with Gasteiger partial charge in [0, 0.05) is 13.0 Å². The quantitative estimate of drug-likeness (QED) is 0.439. The Morgan fingerprint density at radius 2 is 1.63 bits per heavy atom. The fourth-order valence-corrected chi connectivity index (χ4v) is 4.53. The van der Waals surface area contributed by atoms with Crippen LogP contribution in [0.3, 0.4) is 0 Å². The Bertz CT molecular complexity index is 963. The van der Waals surface area contributed by atoms with Crippen molar-refractivity contribution in [2.45, 2.75) is 26.8 Å². The predicted molar refractivity (Wildman–Crippen MR) is 117 cm³/mol. The number of aromatic nitrogens is 1. The summed E-state index contributed by atoms with van der Waals surface area (Å²) in [5, 5.41) is 3.20. The van der Waals surface area contributed by atoms with E-state index in [1.807, 2.05) is 54.6 Å². The summed E-state index contributed by atoms with van der Waals surface area (Å²) < 4.78 is 35.5. The third kappa shape index (κ3) is 5.51. The van der Waals surface area contributed by atoms with E-state index in [0.29, 0.717) is 24.7 Å². The second-order valence-corrected chi connectivity index (χ2v) is 8.39. The largest absolute Gasteiger partial charge is 0.497 e. The minimum absolute atomic E-state index is 0.172. The molecule has 2 aromatic carbocycles. The van der Waals surface area contributed by atoms with Gasteiger partial charge in [-0.1, -0.05) is 42.5 Å². The summed E-state index contributed by atoms with van der Waals surface area (Å²) in [6, 6.07) is 17.5. The molecule has 3 aromatic rings. The van der Waals surface area contributed by atoms with E-state index in [1.165, 1.54) is 0 Å².